The number of hydrogen-bond donors (Lipinski definition) is 1. The number of nitrogens with zero attached hydrogens (tertiary/aromatic N) is 1. The van der Waals surface area contributed by atoms with Crippen LogP contribution in [0.25, 0.3) is 0 Å². The molecule has 0 spiro atoms. The summed E-state index contributed by atoms with van der Waals surface area (Å²) in [6.07, 6.45) is 2.30. The van der Waals surface area contributed by atoms with E-state index in [2.05, 4.69) is 5.32 Å². The van der Waals surface area contributed by atoms with Gasteiger partial charge in [0.1, 0.15) is 0 Å². The van der Waals surface area contributed by atoms with Crippen molar-refractivity contribution in [3.05, 3.63) is 59.2 Å². The fourth-order valence-electron chi connectivity index (χ4n) is 3.48. The molecule has 1 aliphatic rings. The predicted molar refractivity (Wildman–Crippen MR) is 112 cm³/mol. The summed E-state index contributed by atoms with van der Waals surface area (Å²) < 4.78 is 10.5. The molecule has 3 rings (SSSR count). The highest BCUT2D eigenvalue weighted by Gasteiger charge is 2.34. The van der Waals surface area contributed by atoms with Gasteiger partial charge < -0.3 is 14.8 Å². The summed E-state index contributed by atoms with van der Waals surface area (Å²) in [5.74, 6) is 0.718. The Hall–Kier alpha value is -3.35. The van der Waals surface area contributed by atoms with Gasteiger partial charge in [0.05, 0.1) is 25.3 Å². The smallest absolute Gasteiger partial charge is 0.261 e. The van der Waals surface area contributed by atoms with Gasteiger partial charge in [-0.25, -0.2) is 0 Å². The highest BCUT2D eigenvalue weighted by Crippen LogP contribution is 2.28. The zero-order valence-electron chi connectivity index (χ0n) is 17.3. The third-order valence-corrected chi connectivity index (χ3v) is 5.08. The van der Waals surface area contributed by atoms with Crippen molar-refractivity contribution in [3.63, 3.8) is 0 Å². The first-order valence-corrected chi connectivity index (χ1v) is 9.98. The normalized spacial score (nSPS) is 12.7. The van der Waals surface area contributed by atoms with Gasteiger partial charge in [-0.05, 0) is 49.1 Å². The van der Waals surface area contributed by atoms with E-state index in [1.807, 2.05) is 18.2 Å². The summed E-state index contributed by atoms with van der Waals surface area (Å²) in [6.45, 7) is 0.797. The van der Waals surface area contributed by atoms with Crippen LogP contribution in [0.15, 0.2) is 42.5 Å². The molecular formula is C23H26N2O5. The molecule has 30 heavy (non-hydrogen) atoms. The van der Waals surface area contributed by atoms with Crippen molar-refractivity contribution >= 4 is 17.7 Å². The van der Waals surface area contributed by atoms with E-state index in [0.29, 0.717) is 35.6 Å². The number of nitrogens with one attached hydrogen (secondary N) is 1. The van der Waals surface area contributed by atoms with Crippen molar-refractivity contribution in [2.75, 3.05) is 27.3 Å². The molecule has 0 radical (unpaired) electrons. The van der Waals surface area contributed by atoms with Crippen LogP contribution < -0.4 is 14.8 Å². The summed E-state index contributed by atoms with van der Waals surface area (Å²) in [5, 5.41) is 2.89. The second-order valence-electron chi connectivity index (χ2n) is 7.05. The molecule has 2 aromatic carbocycles. The topological polar surface area (TPSA) is 84.9 Å². The zero-order chi connectivity index (χ0) is 21.5. The summed E-state index contributed by atoms with van der Waals surface area (Å²) in [6, 6.07) is 12.6. The lowest BCUT2D eigenvalue weighted by Crippen LogP contribution is -2.32. The van der Waals surface area contributed by atoms with Crippen molar-refractivity contribution < 1.29 is 23.9 Å². The van der Waals surface area contributed by atoms with Crippen LogP contribution in [0, 0.1) is 0 Å². The first-order chi connectivity index (χ1) is 14.5. The van der Waals surface area contributed by atoms with E-state index in [9.17, 15) is 14.4 Å². The number of amides is 3. The van der Waals surface area contributed by atoms with E-state index >= 15 is 0 Å². The number of ether oxygens (including phenoxy) is 2. The molecule has 0 aromatic heterocycles. The number of methoxy groups -OCH3 is 2. The van der Waals surface area contributed by atoms with Crippen LogP contribution in [0.5, 0.6) is 11.5 Å². The zero-order valence-corrected chi connectivity index (χ0v) is 17.3. The third kappa shape index (κ3) is 4.79. The number of aryl methyl sites for hydroxylation is 1. The van der Waals surface area contributed by atoms with E-state index in [1.54, 1.807) is 38.5 Å². The minimum atomic E-state index is -0.286. The largest absolute Gasteiger partial charge is 0.493 e. The quantitative estimate of drug-likeness (QED) is 0.481. The van der Waals surface area contributed by atoms with Crippen LogP contribution in [-0.2, 0) is 11.2 Å². The molecule has 0 saturated carbocycles. The van der Waals surface area contributed by atoms with Crippen LogP contribution in [0.2, 0.25) is 0 Å². The van der Waals surface area contributed by atoms with E-state index in [0.717, 1.165) is 18.4 Å². The maximum absolute atomic E-state index is 12.3. The van der Waals surface area contributed by atoms with Crippen LogP contribution in [0.4, 0.5) is 0 Å². The van der Waals surface area contributed by atoms with E-state index < -0.39 is 0 Å². The fraction of sp³-hybridized carbons (Fsp3) is 0.348. The minimum absolute atomic E-state index is 0.0843. The molecule has 0 atom stereocenters. The second-order valence-corrected chi connectivity index (χ2v) is 7.05. The number of hydrogen-bond acceptors (Lipinski definition) is 5. The molecule has 1 N–H and O–H groups in total. The Morgan fingerprint density at radius 3 is 2.23 bits per heavy atom. The van der Waals surface area contributed by atoms with E-state index in [-0.39, 0.29) is 30.7 Å². The Labute approximate surface area is 176 Å². The van der Waals surface area contributed by atoms with Gasteiger partial charge in [0.15, 0.2) is 11.5 Å². The van der Waals surface area contributed by atoms with Gasteiger partial charge in [-0.15, -0.1) is 0 Å². The van der Waals surface area contributed by atoms with Crippen LogP contribution in [-0.4, -0.2) is 49.9 Å². The summed E-state index contributed by atoms with van der Waals surface area (Å²) in [4.78, 5) is 37.9. The minimum Gasteiger partial charge on any atom is -0.493 e. The molecule has 1 heterocycles. The van der Waals surface area contributed by atoms with Crippen molar-refractivity contribution in [1.82, 2.24) is 10.2 Å². The Morgan fingerprint density at radius 2 is 1.60 bits per heavy atom. The molecular weight excluding hydrogens is 384 g/mol. The van der Waals surface area contributed by atoms with Gasteiger partial charge in [0.2, 0.25) is 5.91 Å². The number of carbonyl (C=O) groups excluding carboxylic acids is 3. The predicted octanol–water partition coefficient (Wildman–Crippen LogP) is 2.83. The van der Waals surface area contributed by atoms with Crippen molar-refractivity contribution in [2.45, 2.75) is 25.7 Å². The monoisotopic (exact) mass is 410 g/mol. The van der Waals surface area contributed by atoms with Gasteiger partial charge in [0, 0.05) is 19.5 Å². The molecule has 3 amide bonds. The van der Waals surface area contributed by atoms with Gasteiger partial charge in [0.25, 0.3) is 11.8 Å². The van der Waals surface area contributed by atoms with Crippen molar-refractivity contribution in [2.24, 2.45) is 0 Å². The molecule has 158 valence electrons. The van der Waals surface area contributed by atoms with Crippen LogP contribution in [0.3, 0.4) is 0 Å². The Kier molecular flexibility index (Phi) is 7.06. The molecule has 7 heteroatoms. The van der Waals surface area contributed by atoms with Gasteiger partial charge >= 0.3 is 0 Å². The standard InChI is InChI=1S/C23H26N2O5/c1-29-19-12-11-16(15-20(19)30-2)7-5-13-24-21(26)10-6-14-25-22(27)17-8-3-4-9-18(17)23(25)28/h3-4,8-9,11-12,15H,5-7,10,13-14H2,1-2H3,(H,24,26). The molecule has 0 saturated heterocycles. The fourth-order valence-corrected chi connectivity index (χ4v) is 3.48. The number of benzene rings is 2. The second kappa shape index (κ2) is 9.91. The number of carbonyl (C=O) groups is 3. The summed E-state index contributed by atoms with van der Waals surface area (Å²) >= 11 is 0. The number of imide groups is 1. The lowest BCUT2D eigenvalue weighted by Gasteiger charge is -2.13. The third-order valence-electron chi connectivity index (χ3n) is 5.08. The van der Waals surface area contributed by atoms with Gasteiger partial charge in [-0.3, -0.25) is 19.3 Å². The molecule has 0 unspecified atom stereocenters. The Bertz CT molecular complexity index is 906. The van der Waals surface area contributed by atoms with E-state index in [1.165, 1.54) is 4.90 Å². The van der Waals surface area contributed by atoms with Crippen molar-refractivity contribution in [1.29, 1.82) is 0 Å². The highest BCUT2D eigenvalue weighted by molar-refractivity contribution is 6.21. The maximum Gasteiger partial charge on any atom is 0.261 e. The number of fused-ring (bicyclic) bond motifs is 1. The molecule has 0 bridgehead atoms. The SMILES string of the molecule is COc1ccc(CCCNC(=O)CCCN2C(=O)c3ccccc3C2=O)cc1OC. The Morgan fingerprint density at radius 1 is 0.933 bits per heavy atom. The molecule has 1 aliphatic heterocycles. The lowest BCUT2D eigenvalue weighted by molar-refractivity contribution is -0.121. The molecule has 7 nitrogen and oxygen atoms in total. The van der Waals surface area contributed by atoms with Crippen LogP contribution >= 0.6 is 0 Å². The lowest BCUT2D eigenvalue weighted by atomic mass is 10.1. The first-order valence-electron chi connectivity index (χ1n) is 9.98. The summed E-state index contributed by atoms with van der Waals surface area (Å²) in [5.41, 5.74) is 1.97. The molecule has 2 aromatic rings. The van der Waals surface area contributed by atoms with Crippen LogP contribution in [0.1, 0.15) is 45.5 Å². The number of rotatable bonds is 10. The highest BCUT2D eigenvalue weighted by atomic mass is 16.5. The average Bonchev–Trinajstić information content (AvgIpc) is 3.01. The van der Waals surface area contributed by atoms with Crippen molar-refractivity contribution in [3.8, 4) is 11.5 Å². The summed E-state index contributed by atoms with van der Waals surface area (Å²) in [7, 11) is 3.20. The molecule has 0 aliphatic carbocycles. The van der Waals surface area contributed by atoms with E-state index in [4.69, 9.17) is 9.47 Å². The first kappa shape index (κ1) is 21.4. The maximum atomic E-state index is 12.3. The van der Waals surface area contributed by atoms with Gasteiger partial charge in [-0.1, -0.05) is 18.2 Å². The average molecular weight is 410 g/mol. The Balaban J connectivity index is 1.36. The molecule has 0 fully saturated rings. The van der Waals surface area contributed by atoms with Gasteiger partial charge in [-0.2, -0.15) is 0 Å².